The Balaban J connectivity index is 1.27. The van der Waals surface area contributed by atoms with E-state index >= 15 is 0 Å². The number of hydrogen-bond donors (Lipinski definition) is 1. The minimum Gasteiger partial charge on any atom is -0.325 e. The molecule has 1 aliphatic heterocycles. The zero-order chi connectivity index (χ0) is 20.9. The van der Waals surface area contributed by atoms with Crippen LogP contribution in [0.3, 0.4) is 0 Å². The molecule has 3 aromatic carbocycles. The quantitative estimate of drug-likeness (QED) is 0.502. The average Bonchev–Trinajstić information content (AvgIpc) is 2.76. The molecule has 0 aliphatic carbocycles. The van der Waals surface area contributed by atoms with Crippen molar-refractivity contribution in [2.45, 2.75) is 6.54 Å². The number of amides is 1. The van der Waals surface area contributed by atoms with Crippen molar-refractivity contribution in [3.05, 3.63) is 82.4 Å². The molecule has 4 rings (SSSR count). The van der Waals surface area contributed by atoms with Gasteiger partial charge in [0.15, 0.2) is 0 Å². The Hall–Kier alpha value is -3.29. The molecule has 30 heavy (non-hydrogen) atoms. The van der Waals surface area contributed by atoms with Crippen LogP contribution in [0, 0.1) is 10.1 Å². The van der Waals surface area contributed by atoms with Gasteiger partial charge in [-0.2, -0.15) is 0 Å². The van der Waals surface area contributed by atoms with Gasteiger partial charge in [0, 0.05) is 50.5 Å². The number of anilines is 1. The summed E-state index contributed by atoms with van der Waals surface area (Å²) in [5, 5.41) is 16.1. The summed E-state index contributed by atoms with van der Waals surface area (Å²) in [4.78, 5) is 27.1. The van der Waals surface area contributed by atoms with Gasteiger partial charge in [0.1, 0.15) is 0 Å². The van der Waals surface area contributed by atoms with Gasteiger partial charge in [0.25, 0.3) is 5.69 Å². The zero-order valence-electron chi connectivity index (χ0n) is 16.7. The number of nitrogens with zero attached hydrogens (tertiary/aromatic N) is 3. The zero-order valence-corrected chi connectivity index (χ0v) is 16.7. The maximum atomic E-state index is 12.3. The number of hydrogen-bond acceptors (Lipinski definition) is 5. The summed E-state index contributed by atoms with van der Waals surface area (Å²) in [7, 11) is 0. The summed E-state index contributed by atoms with van der Waals surface area (Å²) >= 11 is 0. The first-order valence-electron chi connectivity index (χ1n) is 10.0. The third-order valence-corrected chi connectivity index (χ3v) is 5.47. The molecule has 1 fully saturated rings. The van der Waals surface area contributed by atoms with Crippen LogP contribution in [-0.2, 0) is 11.3 Å². The molecule has 1 amide bonds. The number of benzene rings is 3. The van der Waals surface area contributed by atoms with Crippen molar-refractivity contribution in [2.24, 2.45) is 0 Å². The molecule has 0 saturated carbocycles. The van der Waals surface area contributed by atoms with E-state index in [1.165, 1.54) is 28.5 Å². The SMILES string of the molecule is O=C(CN1CCN(Cc2cccc3ccccc23)CC1)Nc1ccc([N+](=O)[O-])cc1. The highest BCUT2D eigenvalue weighted by atomic mass is 16.6. The average molecular weight is 404 g/mol. The van der Waals surface area contributed by atoms with Gasteiger partial charge in [-0.25, -0.2) is 0 Å². The predicted molar refractivity (Wildman–Crippen MR) is 117 cm³/mol. The lowest BCUT2D eigenvalue weighted by Gasteiger charge is -2.34. The van der Waals surface area contributed by atoms with Crippen molar-refractivity contribution in [2.75, 3.05) is 38.0 Å². The molecule has 3 aromatic rings. The van der Waals surface area contributed by atoms with E-state index in [4.69, 9.17) is 0 Å². The van der Waals surface area contributed by atoms with Crippen molar-refractivity contribution >= 4 is 28.1 Å². The monoisotopic (exact) mass is 404 g/mol. The molecule has 154 valence electrons. The second-order valence-electron chi connectivity index (χ2n) is 7.54. The van der Waals surface area contributed by atoms with Crippen LogP contribution in [0.25, 0.3) is 10.8 Å². The Morgan fingerprint density at radius 3 is 2.30 bits per heavy atom. The fraction of sp³-hybridized carbons (Fsp3) is 0.261. The summed E-state index contributed by atoms with van der Waals surface area (Å²) in [5.74, 6) is -0.105. The molecule has 0 bridgehead atoms. The predicted octanol–water partition coefficient (Wildman–Crippen LogP) is 3.50. The molecule has 0 atom stereocenters. The fourth-order valence-electron chi connectivity index (χ4n) is 3.85. The van der Waals surface area contributed by atoms with Crippen LogP contribution >= 0.6 is 0 Å². The number of nitro groups is 1. The van der Waals surface area contributed by atoms with Crippen molar-refractivity contribution in [1.29, 1.82) is 0 Å². The van der Waals surface area contributed by atoms with E-state index in [-0.39, 0.29) is 11.6 Å². The van der Waals surface area contributed by atoms with E-state index in [1.807, 2.05) is 0 Å². The van der Waals surface area contributed by atoms with Gasteiger partial charge in [0.05, 0.1) is 11.5 Å². The highest BCUT2D eigenvalue weighted by Gasteiger charge is 2.19. The standard InChI is InChI=1S/C23H24N4O3/c28-23(24-20-8-10-21(11-9-20)27(29)30)17-26-14-12-25(13-15-26)16-19-6-3-5-18-4-1-2-7-22(18)19/h1-11H,12-17H2,(H,24,28). The molecule has 7 nitrogen and oxygen atoms in total. The topological polar surface area (TPSA) is 78.7 Å². The number of carbonyl (C=O) groups is 1. The van der Waals surface area contributed by atoms with E-state index < -0.39 is 4.92 Å². The Kier molecular flexibility index (Phi) is 6.02. The largest absolute Gasteiger partial charge is 0.325 e. The number of nitro benzene ring substituents is 1. The van der Waals surface area contributed by atoms with E-state index in [2.05, 4.69) is 57.6 Å². The van der Waals surface area contributed by atoms with Crippen LogP contribution in [0.5, 0.6) is 0 Å². The summed E-state index contributed by atoms with van der Waals surface area (Å²) in [6.07, 6.45) is 0. The molecule has 0 aromatic heterocycles. The number of rotatable bonds is 6. The molecule has 1 N–H and O–H groups in total. The van der Waals surface area contributed by atoms with E-state index in [0.29, 0.717) is 12.2 Å². The van der Waals surface area contributed by atoms with Crippen LogP contribution < -0.4 is 5.32 Å². The summed E-state index contributed by atoms with van der Waals surface area (Å²) in [6, 6.07) is 20.8. The van der Waals surface area contributed by atoms with Gasteiger partial charge >= 0.3 is 0 Å². The van der Waals surface area contributed by atoms with Crippen molar-refractivity contribution in [3.8, 4) is 0 Å². The van der Waals surface area contributed by atoms with E-state index in [0.717, 1.165) is 32.7 Å². The summed E-state index contributed by atoms with van der Waals surface area (Å²) in [5.41, 5.74) is 1.91. The van der Waals surface area contributed by atoms with Gasteiger partial charge in [-0.15, -0.1) is 0 Å². The van der Waals surface area contributed by atoms with Gasteiger partial charge < -0.3 is 5.32 Å². The lowest BCUT2D eigenvalue weighted by molar-refractivity contribution is -0.384. The van der Waals surface area contributed by atoms with Crippen LogP contribution in [0.2, 0.25) is 0 Å². The molecule has 1 aliphatic rings. The Bertz CT molecular complexity index is 1040. The normalized spacial score (nSPS) is 15.2. The van der Waals surface area contributed by atoms with Gasteiger partial charge in [-0.3, -0.25) is 24.7 Å². The number of fused-ring (bicyclic) bond motifs is 1. The molecule has 7 heteroatoms. The first-order chi connectivity index (χ1) is 14.6. The smallest absolute Gasteiger partial charge is 0.269 e. The molecule has 0 radical (unpaired) electrons. The van der Waals surface area contributed by atoms with Gasteiger partial charge in [-0.1, -0.05) is 42.5 Å². The lowest BCUT2D eigenvalue weighted by atomic mass is 10.0. The minimum absolute atomic E-state index is 0.00955. The number of non-ortho nitro benzene ring substituents is 1. The first-order valence-corrected chi connectivity index (χ1v) is 10.0. The Labute approximate surface area is 175 Å². The van der Waals surface area contributed by atoms with E-state index in [1.54, 1.807) is 12.1 Å². The highest BCUT2D eigenvalue weighted by Crippen LogP contribution is 2.20. The second-order valence-corrected chi connectivity index (χ2v) is 7.54. The minimum atomic E-state index is -0.455. The number of carbonyl (C=O) groups excluding carboxylic acids is 1. The van der Waals surface area contributed by atoms with Gasteiger partial charge in [0.2, 0.25) is 5.91 Å². The molecule has 1 heterocycles. The third kappa shape index (κ3) is 4.82. The molecular formula is C23H24N4O3. The number of nitrogens with one attached hydrogen (secondary N) is 1. The van der Waals surface area contributed by atoms with Crippen LogP contribution in [0.4, 0.5) is 11.4 Å². The van der Waals surface area contributed by atoms with Crippen LogP contribution in [0.1, 0.15) is 5.56 Å². The van der Waals surface area contributed by atoms with Crippen molar-refractivity contribution in [1.82, 2.24) is 9.80 Å². The molecular weight excluding hydrogens is 380 g/mol. The first kappa shape index (κ1) is 20.0. The summed E-state index contributed by atoms with van der Waals surface area (Å²) < 4.78 is 0. The molecule has 0 spiro atoms. The van der Waals surface area contributed by atoms with Crippen LogP contribution in [0.15, 0.2) is 66.7 Å². The van der Waals surface area contributed by atoms with E-state index in [9.17, 15) is 14.9 Å². The Morgan fingerprint density at radius 2 is 1.57 bits per heavy atom. The van der Waals surface area contributed by atoms with Gasteiger partial charge in [-0.05, 0) is 28.5 Å². The Morgan fingerprint density at radius 1 is 0.900 bits per heavy atom. The maximum Gasteiger partial charge on any atom is 0.269 e. The second kappa shape index (κ2) is 9.02. The van der Waals surface area contributed by atoms with Crippen molar-refractivity contribution < 1.29 is 9.72 Å². The lowest BCUT2D eigenvalue weighted by Crippen LogP contribution is -2.48. The maximum absolute atomic E-state index is 12.3. The summed E-state index contributed by atoms with van der Waals surface area (Å²) in [6.45, 7) is 4.71. The molecule has 0 unspecified atom stereocenters. The molecule has 1 saturated heterocycles. The highest BCUT2D eigenvalue weighted by molar-refractivity contribution is 5.92. The third-order valence-electron chi connectivity index (χ3n) is 5.47. The fourth-order valence-corrected chi connectivity index (χ4v) is 3.85. The van der Waals surface area contributed by atoms with Crippen LogP contribution in [-0.4, -0.2) is 53.4 Å². The number of piperazine rings is 1. The van der Waals surface area contributed by atoms with Crippen molar-refractivity contribution in [3.63, 3.8) is 0 Å².